The molecular formula is C13H19NO2. The molecule has 1 aliphatic rings. The van der Waals surface area contributed by atoms with Crippen LogP contribution >= 0.6 is 0 Å². The van der Waals surface area contributed by atoms with E-state index < -0.39 is 0 Å². The van der Waals surface area contributed by atoms with Gasteiger partial charge in [-0.25, -0.2) is 0 Å². The second-order valence-electron chi connectivity index (χ2n) is 4.50. The fraction of sp³-hybridized carbons (Fsp3) is 0.538. The van der Waals surface area contributed by atoms with E-state index in [2.05, 4.69) is 17.4 Å². The number of ether oxygens (including phenoxy) is 1. The molecule has 0 aromatic heterocycles. The molecule has 3 heteroatoms. The molecule has 1 aromatic carbocycles. The Labute approximate surface area is 96.4 Å². The fourth-order valence-electron chi connectivity index (χ4n) is 2.39. The summed E-state index contributed by atoms with van der Waals surface area (Å²) >= 11 is 0. The van der Waals surface area contributed by atoms with Gasteiger partial charge in [0.15, 0.2) is 0 Å². The third kappa shape index (κ3) is 1.93. The average molecular weight is 221 g/mol. The van der Waals surface area contributed by atoms with Gasteiger partial charge in [0.2, 0.25) is 0 Å². The first kappa shape index (κ1) is 11.4. The highest BCUT2D eigenvalue weighted by molar-refractivity contribution is 5.39. The summed E-state index contributed by atoms with van der Waals surface area (Å²) in [7, 11) is 3.60. The minimum atomic E-state index is -0.153. The number of nitrogens with one attached hydrogen (secondary N) is 1. The lowest BCUT2D eigenvalue weighted by Gasteiger charge is -2.36. The third-order valence-corrected chi connectivity index (χ3v) is 3.65. The van der Waals surface area contributed by atoms with E-state index in [4.69, 9.17) is 4.74 Å². The van der Waals surface area contributed by atoms with E-state index in [1.165, 1.54) is 11.1 Å². The largest absolute Gasteiger partial charge is 0.497 e. The predicted octanol–water partition coefficient (Wildman–Crippen LogP) is 1.13. The van der Waals surface area contributed by atoms with Gasteiger partial charge in [-0.15, -0.1) is 0 Å². The number of rotatable bonds is 3. The minimum absolute atomic E-state index is 0.153. The van der Waals surface area contributed by atoms with Crippen molar-refractivity contribution in [2.75, 3.05) is 20.8 Å². The summed E-state index contributed by atoms with van der Waals surface area (Å²) in [5.74, 6) is 0.892. The molecule has 0 saturated heterocycles. The molecule has 2 rings (SSSR count). The predicted molar refractivity (Wildman–Crippen MR) is 63.9 cm³/mol. The van der Waals surface area contributed by atoms with Crippen LogP contribution in [0.5, 0.6) is 5.75 Å². The van der Waals surface area contributed by atoms with Crippen molar-refractivity contribution in [2.24, 2.45) is 0 Å². The molecule has 16 heavy (non-hydrogen) atoms. The van der Waals surface area contributed by atoms with Gasteiger partial charge in [0.1, 0.15) is 5.75 Å². The van der Waals surface area contributed by atoms with E-state index in [0.717, 1.165) is 25.0 Å². The average Bonchev–Trinajstić information content (AvgIpc) is 2.37. The van der Waals surface area contributed by atoms with E-state index in [0.29, 0.717) is 0 Å². The lowest BCUT2D eigenvalue weighted by atomic mass is 9.78. The zero-order chi connectivity index (χ0) is 11.6. The number of benzene rings is 1. The monoisotopic (exact) mass is 221 g/mol. The van der Waals surface area contributed by atoms with Gasteiger partial charge in [-0.2, -0.15) is 0 Å². The van der Waals surface area contributed by atoms with Crippen LogP contribution in [0.4, 0.5) is 0 Å². The van der Waals surface area contributed by atoms with E-state index in [1.54, 1.807) is 7.11 Å². The molecule has 0 radical (unpaired) electrons. The van der Waals surface area contributed by atoms with Gasteiger partial charge in [0, 0.05) is 5.54 Å². The lowest BCUT2D eigenvalue weighted by molar-refractivity contribution is 0.153. The van der Waals surface area contributed by atoms with Crippen molar-refractivity contribution < 1.29 is 9.84 Å². The van der Waals surface area contributed by atoms with Gasteiger partial charge in [-0.3, -0.25) is 0 Å². The van der Waals surface area contributed by atoms with Crippen molar-refractivity contribution in [3.8, 4) is 5.75 Å². The summed E-state index contributed by atoms with van der Waals surface area (Å²) < 4.78 is 5.23. The van der Waals surface area contributed by atoms with Crippen molar-refractivity contribution >= 4 is 0 Å². The van der Waals surface area contributed by atoms with Crippen LogP contribution in [0.15, 0.2) is 18.2 Å². The van der Waals surface area contributed by atoms with Crippen LogP contribution in [-0.4, -0.2) is 31.4 Å². The van der Waals surface area contributed by atoms with E-state index >= 15 is 0 Å². The molecule has 88 valence electrons. The van der Waals surface area contributed by atoms with Crippen LogP contribution in [0.3, 0.4) is 0 Å². The Balaban J connectivity index is 2.30. The van der Waals surface area contributed by atoms with Gasteiger partial charge < -0.3 is 15.2 Å². The first-order valence-electron chi connectivity index (χ1n) is 5.68. The molecule has 0 saturated carbocycles. The number of hydrogen-bond donors (Lipinski definition) is 2. The second kappa shape index (κ2) is 4.44. The highest BCUT2D eigenvalue weighted by Gasteiger charge is 2.32. The topological polar surface area (TPSA) is 41.5 Å². The minimum Gasteiger partial charge on any atom is -0.497 e. The van der Waals surface area contributed by atoms with Gasteiger partial charge >= 0.3 is 0 Å². The Morgan fingerprint density at radius 2 is 2.25 bits per heavy atom. The molecule has 1 unspecified atom stereocenters. The van der Waals surface area contributed by atoms with Crippen LogP contribution in [-0.2, 0) is 12.8 Å². The van der Waals surface area contributed by atoms with Crippen molar-refractivity contribution in [1.82, 2.24) is 5.32 Å². The summed E-state index contributed by atoms with van der Waals surface area (Å²) in [5, 5.41) is 12.8. The highest BCUT2D eigenvalue weighted by Crippen LogP contribution is 2.30. The molecule has 3 nitrogen and oxygen atoms in total. The van der Waals surface area contributed by atoms with Crippen molar-refractivity contribution in [3.05, 3.63) is 29.3 Å². The quantitative estimate of drug-likeness (QED) is 0.804. The van der Waals surface area contributed by atoms with Crippen LogP contribution in [0.1, 0.15) is 17.5 Å². The van der Waals surface area contributed by atoms with Crippen molar-refractivity contribution in [2.45, 2.75) is 24.8 Å². The highest BCUT2D eigenvalue weighted by atomic mass is 16.5. The van der Waals surface area contributed by atoms with Crippen molar-refractivity contribution in [3.63, 3.8) is 0 Å². The van der Waals surface area contributed by atoms with Gasteiger partial charge in [0.25, 0.3) is 0 Å². The molecule has 1 aliphatic carbocycles. The number of aliphatic hydroxyl groups is 1. The van der Waals surface area contributed by atoms with Crippen LogP contribution in [0.25, 0.3) is 0 Å². The first-order chi connectivity index (χ1) is 7.73. The molecule has 0 aliphatic heterocycles. The number of aryl methyl sites for hydroxylation is 1. The van der Waals surface area contributed by atoms with Crippen molar-refractivity contribution in [1.29, 1.82) is 0 Å². The Bertz CT molecular complexity index is 372. The van der Waals surface area contributed by atoms with Crippen LogP contribution < -0.4 is 10.1 Å². The summed E-state index contributed by atoms with van der Waals surface area (Å²) in [5.41, 5.74) is 2.51. The van der Waals surface area contributed by atoms with Crippen LogP contribution in [0.2, 0.25) is 0 Å². The molecule has 0 amide bonds. The standard InChI is InChI=1S/C13H19NO2/c1-14-13(9-15)6-5-10-3-4-12(16-2)7-11(10)8-13/h3-4,7,14-15H,5-6,8-9H2,1-2H3. The Morgan fingerprint density at radius 3 is 2.88 bits per heavy atom. The Hall–Kier alpha value is -1.06. The van der Waals surface area contributed by atoms with E-state index in [9.17, 15) is 5.11 Å². The number of fused-ring (bicyclic) bond motifs is 1. The molecule has 0 spiro atoms. The lowest BCUT2D eigenvalue weighted by Crippen LogP contribution is -2.50. The molecule has 1 aromatic rings. The molecule has 0 bridgehead atoms. The van der Waals surface area contributed by atoms with Gasteiger partial charge in [0.05, 0.1) is 13.7 Å². The maximum Gasteiger partial charge on any atom is 0.119 e. The molecule has 0 heterocycles. The molecule has 2 N–H and O–H groups in total. The summed E-state index contributed by atoms with van der Waals surface area (Å²) in [6.07, 6.45) is 2.87. The smallest absolute Gasteiger partial charge is 0.119 e. The zero-order valence-corrected chi connectivity index (χ0v) is 9.92. The molecule has 1 atom stereocenters. The van der Waals surface area contributed by atoms with E-state index in [-0.39, 0.29) is 12.1 Å². The number of hydrogen-bond acceptors (Lipinski definition) is 3. The third-order valence-electron chi connectivity index (χ3n) is 3.65. The Kier molecular flexibility index (Phi) is 3.17. The number of aliphatic hydroxyl groups excluding tert-OH is 1. The summed E-state index contributed by atoms with van der Waals surface area (Å²) in [6, 6.07) is 6.21. The SMILES string of the molecule is CNC1(CO)CCc2ccc(OC)cc2C1. The molecule has 0 fully saturated rings. The van der Waals surface area contributed by atoms with Gasteiger partial charge in [-0.1, -0.05) is 6.07 Å². The maximum atomic E-state index is 9.50. The first-order valence-corrected chi connectivity index (χ1v) is 5.68. The zero-order valence-electron chi connectivity index (χ0n) is 9.92. The molecular weight excluding hydrogens is 202 g/mol. The number of methoxy groups -OCH3 is 1. The number of likely N-dealkylation sites (N-methyl/N-ethyl adjacent to an activating group) is 1. The second-order valence-corrected chi connectivity index (χ2v) is 4.50. The normalized spacial score (nSPS) is 23.9. The Morgan fingerprint density at radius 1 is 1.44 bits per heavy atom. The van der Waals surface area contributed by atoms with E-state index in [1.807, 2.05) is 13.1 Å². The maximum absolute atomic E-state index is 9.50. The summed E-state index contributed by atoms with van der Waals surface area (Å²) in [4.78, 5) is 0. The van der Waals surface area contributed by atoms with Crippen LogP contribution in [0, 0.1) is 0 Å². The van der Waals surface area contributed by atoms with Gasteiger partial charge in [-0.05, 0) is 49.6 Å². The summed E-state index contributed by atoms with van der Waals surface area (Å²) in [6.45, 7) is 0.181. The fourth-order valence-corrected chi connectivity index (χ4v) is 2.39.